The van der Waals surface area contributed by atoms with Gasteiger partial charge in [-0.15, -0.1) is 0 Å². The lowest BCUT2D eigenvalue weighted by molar-refractivity contribution is -0.152. The van der Waals surface area contributed by atoms with Gasteiger partial charge in [0, 0.05) is 71.6 Å². The van der Waals surface area contributed by atoms with Crippen molar-refractivity contribution in [2.45, 2.75) is 287 Å². The van der Waals surface area contributed by atoms with Crippen LogP contribution in [0.4, 0.5) is 0 Å². The van der Waals surface area contributed by atoms with E-state index >= 15 is 0 Å². The number of carbonyl (C=O) groups is 8. The second-order valence-electron chi connectivity index (χ2n) is 45.1. The van der Waals surface area contributed by atoms with Gasteiger partial charge in [0.25, 0.3) is 0 Å². The van der Waals surface area contributed by atoms with Crippen LogP contribution in [0, 0.1) is 176 Å². The van der Waals surface area contributed by atoms with E-state index in [0.29, 0.717) is 77.3 Å². The van der Waals surface area contributed by atoms with E-state index < -0.39 is 17.9 Å². The fraction of sp³-hybridized carbons (Fsp3) is 0.709. The van der Waals surface area contributed by atoms with Crippen LogP contribution in [0.3, 0.4) is 0 Å². The second-order valence-corrected chi connectivity index (χ2v) is 45.1. The number of ether oxygens (including phenoxy) is 10. The monoisotopic (exact) mass is 1870 g/mol. The zero-order valence-electron chi connectivity index (χ0n) is 85.6. The van der Waals surface area contributed by atoms with Gasteiger partial charge >= 0.3 is 47.8 Å². The van der Waals surface area contributed by atoms with Crippen LogP contribution in [0.2, 0.25) is 0 Å². The molecular weight excluding hydrogens is 1690 g/mol. The van der Waals surface area contributed by atoms with Gasteiger partial charge in [-0.2, -0.15) is 0 Å². The quantitative estimate of drug-likeness (QED) is 0.0433. The maximum atomic E-state index is 11.6. The first-order valence-corrected chi connectivity index (χ1v) is 52.0. The van der Waals surface area contributed by atoms with Crippen molar-refractivity contribution in [1.82, 2.24) is 0 Å². The second kappa shape index (κ2) is 50.4. The van der Waals surface area contributed by atoms with Crippen LogP contribution in [0.5, 0.6) is 0 Å². The van der Waals surface area contributed by atoms with Crippen molar-refractivity contribution in [1.29, 1.82) is 0 Å². The van der Waals surface area contributed by atoms with Gasteiger partial charge in [-0.1, -0.05) is 161 Å². The first kappa shape index (κ1) is 109. The van der Waals surface area contributed by atoms with Crippen molar-refractivity contribution in [3.05, 3.63) is 160 Å². The van der Waals surface area contributed by atoms with E-state index in [1.807, 2.05) is 0 Å². The first-order chi connectivity index (χ1) is 64.4. The number of hydrogen-bond donors (Lipinski definition) is 0. The standard InChI is InChI=1S/C14H20O2.C14H22O2.C13H20O2.5C10H14.C7H12O3.C6H10O3.C5H8O2.2C4H6O2/c1-8(2)14(15)16-13-7-9-6-12(13)11-5-3-4-10(9)11;1-9(2)12(15)16-11-8-10-6-7-14(11,5)13(10,3)4;1-5-11(14)15-10-8-9-6-7-13(10,4)12(9,2)3;5*1-2-9-7-4-5-8(6-7)10(9)3-1;1-6(2)7(8)10-5-4-9-3;1-3-6(7)9-5-4-8-2;1-4(2)5(6)7-3;2*1-3-4(5)6-2/h9-13H,1,3-7H2,2H3;10-11H,1,6-8H2,2-5H3;5,9-10H,1,6-8H2,2-4H3;5*1-2,7-10H,3-6H2;1,4-5H2,2-3H3;3H,1,4-5H2,2H3;1H2,2-3H3;2*3H,1H2,2H3. The van der Waals surface area contributed by atoms with Crippen LogP contribution in [0.15, 0.2) is 160 Å². The molecule has 0 heterocycles. The molecule has 0 aromatic carbocycles. The number of hydrogen-bond acceptors (Lipinski definition) is 18. The molecule has 22 aliphatic rings. The summed E-state index contributed by atoms with van der Waals surface area (Å²) in [5.74, 6) is 24.0. The summed E-state index contributed by atoms with van der Waals surface area (Å²) >= 11 is 0. The number of esters is 8. The fourth-order valence-electron chi connectivity index (χ4n) is 29.9. The van der Waals surface area contributed by atoms with Crippen LogP contribution in [0.1, 0.15) is 268 Å². The van der Waals surface area contributed by atoms with E-state index in [0.717, 1.165) is 174 Å². The molecule has 17 fully saturated rings. The van der Waals surface area contributed by atoms with E-state index in [9.17, 15) is 38.4 Å². The minimum atomic E-state index is -0.410. The molecule has 16 bridgehead atoms. The third-order valence-electron chi connectivity index (χ3n) is 37.9. The number of fused-ring (bicyclic) bond motifs is 34. The minimum Gasteiger partial charge on any atom is -0.466 e. The first-order valence-electron chi connectivity index (χ1n) is 52.0. The largest absolute Gasteiger partial charge is 0.466 e. The summed E-state index contributed by atoms with van der Waals surface area (Å²) in [5.41, 5.74) is 2.80. The Morgan fingerprint density at radius 3 is 0.896 bits per heavy atom. The van der Waals surface area contributed by atoms with Crippen molar-refractivity contribution in [3.8, 4) is 0 Å². The SMILES string of the molecule is C1=CC2C3CCC(C3)C2C1.C1=CC2C3CCC(C3)C2C1.C1=CC2C3CCC(C3)C2C1.C1=CC2C3CCC(C3)C2C1.C1=CC2C3CCC(C3)C2C1.C=C(C)C(=O)OC.C=C(C)C(=O)OC1CC2CC1C1CCCC21.C=C(C)C(=O)OC1CC2CCC1(C)C2(C)C.C=C(C)C(=O)OCCOC.C=CC(=O)OC.C=CC(=O)OC.C=CC(=O)OC1CC2CCC1(C)C2(C)C.C=CC(=O)OCCOC. The van der Waals surface area contributed by atoms with E-state index in [1.54, 1.807) is 106 Å². The van der Waals surface area contributed by atoms with E-state index in [-0.39, 0.29) is 59.0 Å². The number of rotatable bonds is 17. The van der Waals surface area contributed by atoms with E-state index in [1.165, 1.54) is 143 Å². The summed E-state index contributed by atoms with van der Waals surface area (Å²) in [6.45, 7) is 48.9. The summed E-state index contributed by atoms with van der Waals surface area (Å²) < 4.78 is 47.7. The Morgan fingerprint density at radius 2 is 0.622 bits per heavy atom. The number of carbonyl (C=O) groups excluding carboxylic acids is 8. The van der Waals surface area contributed by atoms with Crippen LogP contribution < -0.4 is 0 Å². The van der Waals surface area contributed by atoms with Crippen molar-refractivity contribution in [2.75, 3.05) is 62.0 Å². The molecule has 31 unspecified atom stereocenters. The molecule has 0 amide bonds. The van der Waals surface area contributed by atoms with Crippen molar-refractivity contribution < 1.29 is 85.7 Å². The molecular formula is C117H174O18. The molecule has 0 saturated heterocycles. The summed E-state index contributed by atoms with van der Waals surface area (Å²) in [6, 6.07) is 0. The van der Waals surface area contributed by atoms with Crippen LogP contribution in [-0.2, 0) is 85.7 Å². The van der Waals surface area contributed by atoms with Gasteiger partial charge in [0.15, 0.2) is 0 Å². The highest BCUT2D eigenvalue weighted by molar-refractivity contribution is 5.88. The van der Waals surface area contributed by atoms with Gasteiger partial charge in [0.1, 0.15) is 31.5 Å². The predicted molar refractivity (Wildman–Crippen MR) is 535 cm³/mol. The van der Waals surface area contributed by atoms with E-state index in [4.69, 9.17) is 14.2 Å². The zero-order chi connectivity index (χ0) is 98.4. The Kier molecular flexibility index (Phi) is 40.8. The fourth-order valence-corrected chi connectivity index (χ4v) is 29.9. The number of allylic oxidation sites excluding steroid dienone is 10. The lowest BCUT2D eigenvalue weighted by Gasteiger charge is -2.38. The molecule has 18 nitrogen and oxygen atoms in total. The van der Waals surface area contributed by atoms with Crippen molar-refractivity contribution in [2.24, 2.45) is 176 Å². The highest BCUT2D eigenvalue weighted by Gasteiger charge is 2.65. The van der Waals surface area contributed by atoms with Gasteiger partial charge in [0.05, 0.1) is 34.5 Å². The zero-order valence-corrected chi connectivity index (χ0v) is 85.6. The average Bonchev–Trinajstić information content (AvgIpc) is 1.56. The van der Waals surface area contributed by atoms with Gasteiger partial charge in [-0.05, 0) is 385 Å². The van der Waals surface area contributed by atoms with Crippen LogP contribution >= 0.6 is 0 Å². The summed E-state index contributed by atoms with van der Waals surface area (Å²) in [6.07, 6.45) is 73.5. The Hall–Kier alpha value is -7.70. The van der Waals surface area contributed by atoms with Gasteiger partial charge < -0.3 is 47.4 Å². The predicted octanol–water partition coefficient (Wildman–Crippen LogP) is 24.8. The maximum absolute atomic E-state index is 11.6. The molecule has 17 saturated carbocycles. The van der Waals surface area contributed by atoms with Gasteiger partial charge in [0.2, 0.25) is 0 Å². The summed E-state index contributed by atoms with van der Waals surface area (Å²) in [7, 11) is 7.04. The third kappa shape index (κ3) is 26.5. The Bertz CT molecular complexity index is 4000. The molecule has 0 aromatic rings. The highest BCUT2D eigenvalue weighted by Crippen LogP contribution is 2.69. The summed E-state index contributed by atoms with van der Waals surface area (Å²) in [4.78, 5) is 85.2. The van der Waals surface area contributed by atoms with Gasteiger partial charge in [-0.3, -0.25) is 0 Å². The molecule has 0 spiro atoms. The topological polar surface area (TPSA) is 229 Å². The molecule has 31 atom stereocenters. The van der Waals surface area contributed by atoms with Crippen LogP contribution in [0.25, 0.3) is 0 Å². The number of methoxy groups -OCH3 is 5. The summed E-state index contributed by atoms with van der Waals surface area (Å²) in [5, 5.41) is 0. The molecule has 18 heteroatoms. The Balaban J connectivity index is 0.000000153. The Labute approximate surface area is 812 Å². The normalized spacial score (nSPS) is 37.6. The molecule has 0 aliphatic heterocycles. The molecule has 0 N–H and O–H groups in total. The molecule has 0 aromatic heterocycles. The smallest absolute Gasteiger partial charge is 0.333 e. The van der Waals surface area contributed by atoms with Crippen molar-refractivity contribution in [3.63, 3.8) is 0 Å². The van der Waals surface area contributed by atoms with Gasteiger partial charge in [-0.25, -0.2) is 38.4 Å². The molecule has 135 heavy (non-hydrogen) atoms. The lowest BCUT2D eigenvalue weighted by atomic mass is 9.70. The van der Waals surface area contributed by atoms with E-state index in [2.05, 4.69) is 188 Å². The van der Waals surface area contributed by atoms with Crippen molar-refractivity contribution >= 4 is 47.8 Å². The molecule has 22 aliphatic carbocycles. The van der Waals surface area contributed by atoms with Crippen LogP contribution in [-0.4, -0.2) is 128 Å². The third-order valence-corrected chi connectivity index (χ3v) is 37.9. The Morgan fingerprint density at radius 1 is 0.304 bits per heavy atom. The highest BCUT2D eigenvalue weighted by atomic mass is 16.6. The lowest BCUT2D eigenvalue weighted by Crippen LogP contribution is -2.38. The molecule has 22 rings (SSSR count). The molecule has 0 radical (unpaired) electrons. The molecule has 750 valence electrons. The minimum absolute atomic E-state index is 0.0884. The maximum Gasteiger partial charge on any atom is 0.333 e. The average molecular weight is 1870 g/mol.